The molecule has 1 atom stereocenters. The molecule has 5 nitrogen and oxygen atoms in total. The lowest BCUT2D eigenvalue weighted by Crippen LogP contribution is -2.29. The number of methoxy groups -OCH3 is 1. The predicted molar refractivity (Wildman–Crippen MR) is 115 cm³/mol. The van der Waals surface area contributed by atoms with Gasteiger partial charge in [0.15, 0.2) is 0 Å². The van der Waals surface area contributed by atoms with E-state index in [1.54, 1.807) is 42.5 Å². The van der Waals surface area contributed by atoms with E-state index in [-0.39, 0.29) is 16.9 Å². The molecule has 0 aliphatic carbocycles. The Labute approximate surface area is 179 Å². The molecule has 3 aromatic carbocycles. The summed E-state index contributed by atoms with van der Waals surface area (Å²) in [5.41, 5.74) is 1.96. The number of benzene rings is 3. The molecule has 156 valence electrons. The van der Waals surface area contributed by atoms with Crippen LogP contribution in [0.2, 0.25) is 0 Å². The number of carbonyl (C=O) groups is 2. The van der Waals surface area contributed by atoms with Gasteiger partial charge in [0, 0.05) is 5.69 Å². The highest BCUT2D eigenvalue weighted by Gasteiger charge is 2.47. The number of carbonyl (C=O) groups excluding carboxylic acids is 2. The Hall–Kier alpha value is -3.93. The molecule has 4 rings (SSSR count). The summed E-state index contributed by atoms with van der Waals surface area (Å²) < 4.78 is 19.2. The van der Waals surface area contributed by atoms with Gasteiger partial charge in [-0.1, -0.05) is 42.5 Å². The summed E-state index contributed by atoms with van der Waals surface area (Å²) in [6, 6.07) is 18.9. The lowest BCUT2D eigenvalue weighted by atomic mass is 9.94. The van der Waals surface area contributed by atoms with Crippen LogP contribution in [0, 0.1) is 12.7 Å². The zero-order valence-corrected chi connectivity index (χ0v) is 17.0. The van der Waals surface area contributed by atoms with Gasteiger partial charge < -0.3 is 9.84 Å². The summed E-state index contributed by atoms with van der Waals surface area (Å²) in [7, 11) is 1.38. The van der Waals surface area contributed by atoms with Crippen LogP contribution in [-0.2, 0) is 9.59 Å². The van der Waals surface area contributed by atoms with Crippen molar-refractivity contribution in [2.45, 2.75) is 13.0 Å². The van der Waals surface area contributed by atoms with Crippen LogP contribution in [0.5, 0.6) is 5.75 Å². The van der Waals surface area contributed by atoms with Crippen molar-refractivity contribution in [1.82, 2.24) is 0 Å². The number of aliphatic hydroxyl groups excluding tert-OH is 1. The van der Waals surface area contributed by atoms with E-state index in [1.807, 2.05) is 19.1 Å². The fourth-order valence-electron chi connectivity index (χ4n) is 3.84. The van der Waals surface area contributed by atoms with Gasteiger partial charge in [-0.3, -0.25) is 14.5 Å². The quantitative estimate of drug-likeness (QED) is 0.377. The van der Waals surface area contributed by atoms with E-state index in [4.69, 9.17) is 4.74 Å². The van der Waals surface area contributed by atoms with Gasteiger partial charge in [-0.25, -0.2) is 4.39 Å². The van der Waals surface area contributed by atoms with Crippen LogP contribution >= 0.6 is 0 Å². The van der Waals surface area contributed by atoms with Crippen molar-refractivity contribution in [1.29, 1.82) is 0 Å². The number of amides is 1. The van der Waals surface area contributed by atoms with E-state index < -0.39 is 29.3 Å². The van der Waals surface area contributed by atoms with Crippen molar-refractivity contribution in [2.75, 3.05) is 12.0 Å². The van der Waals surface area contributed by atoms with Gasteiger partial charge in [-0.2, -0.15) is 0 Å². The first-order valence-electron chi connectivity index (χ1n) is 9.69. The number of anilines is 1. The van der Waals surface area contributed by atoms with Gasteiger partial charge in [0.05, 0.1) is 24.3 Å². The summed E-state index contributed by atoms with van der Waals surface area (Å²) in [6.07, 6.45) is 0. The minimum absolute atomic E-state index is 0.00525. The molecule has 1 amide bonds. The number of Topliss-reactive ketones (excluding diaryl/α,β-unsaturated/α-hetero) is 1. The van der Waals surface area contributed by atoms with E-state index in [0.717, 1.165) is 11.6 Å². The smallest absolute Gasteiger partial charge is 0.300 e. The molecule has 0 bridgehead atoms. The molecular weight excluding hydrogens is 397 g/mol. The topological polar surface area (TPSA) is 66.8 Å². The Morgan fingerprint density at radius 3 is 2.42 bits per heavy atom. The Balaban J connectivity index is 1.99. The summed E-state index contributed by atoms with van der Waals surface area (Å²) in [5.74, 6) is -2.52. The molecule has 1 N–H and O–H groups in total. The molecule has 0 saturated carbocycles. The van der Waals surface area contributed by atoms with Crippen molar-refractivity contribution in [3.8, 4) is 5.75 Å². The van der Waals surface area contributed by atoms with Gasteiger partial charge in [0.25, 0.3) is 11.7 Å². The van der Waals surface area contributed by atoms with E-state index in [1.165, 1.54) is 24.1 Å². The van der Waals surface area contributed by atoms with Crippen molar-refractivity contribution in [3.63, 3.8) is 0 Å². The minimum atomic E-state index is -0.879. The third-order valence-corrected chi connectivity index (χ3v) is 5.26. The number of ether oxygens (including phenoxy) is 1. The minimum Gasteiger partial charge on any atom is -0.507 e. The molecule has 1 fully saturated rings. The van der Waals surface area contributed by atoms with Crippen LogP contribution in [-0.4, -0.2) is 23.9 Å². The first-order valence-corrected chi connectivity index (χ1v) is 9.69. The number of nitrogens with zero attached hydrogens (tertiary/aromatic N) is 1. The van der Waals surface area contributed by atoms with Gasteiger partial charge in [-0.15, -0.1) is 0 Å². The molecule has 0 aromatic heterocycles. The largest absolute Gasteiger partial charge is 0.507 e. The van der Waals surface area contributed by atoms with Crippen molar-refractivity contribution in [3.05, 3.63) is 101 Å². The normalized spacial score (nSPS) is 17.8. The maximum absolute atomic E-state index is 14.0. The van der Waals surface area contributed by atoms with E-state index in [0.29, 0.717) is 11.3 Å². The van der Waals surface area contributed by atoms with Crippen LogP contribution in [0.25, 0.3) is 5.76 Å². The molecule has 1 saturated heterocycles. The van der Waals surface area contributed by atoms with Crippen LogP contribution < -0.4 is 9.64 Å². The summed E-state index contributed by atoms with van der Waals surface area (Å²) >= 11 is 0. The second-order valence-electron chi connectivity index (χ2n) is 7.26. The average molecular weight is 417 g/mol. The molecular formula is C25H20FNO4. The number of hydrogen-bond acceptors (Lipinski definition) is 4. The Morgan fingerprint density at radius 2 is 1.74 bits per heavy atom. The first kappa shape index (κ1) is 20.3. The second-order valence-corrected chi connectivity index (χ2v) is 7.26. The monoisotopic (exact) mass is 417 g/mol. The van der Waals surface area contributed by atoms with Gasteiger partial charge in [0.1, 0.15) is 17.3 Å². The summed E-state index contributed by atoms with van der Waals surface area (Å²) in [6.45, 7) is 1.88. The highest BCUT2D eigenvalue weighted by atomic mass is 19.1. The SMILES string of the molecule is COc1ccc(F)cc1/C(O)=C1\C(=O)C(=O)N(c2cccc(C)c2)C1c1ccccc1. The molecule has 3 aromatic rings. The molecule has 31 heavy (non-hydrogen) atoms. The maximum atomic E-state index is 14.0. The third kappa shape index (κ3) is 3.57. The standard InChI is InChI=1S/C25H20FNO4/c1-15-7-6-10-18(13-15)27-22(16-8-4-3-5-9-16)21(24(29)25(27)30)23(28)19-14-17(26)11-12-20(19)31-2/h3-14,22,28H,1-2H3/b23-21+. The number of aliphatic hydroxyl groups is 1. The summed E-state index contributed by atoms with van der Waals surface area (Å²) in [5, 5.41) is 11.1. The van der Waals surface area contributed by atoms with Crippen LogP contribution in [0.15, 0.2) is 78.4 Å². The number of halogens is 1. The molecule has 6 heteroatoms. The molecule has 0 radical (unpaired) electrons. The van der Waals surface area contributed by atoms with E-state index in [9.17, 15) is 19.1 Å². The lowest BCUT2D eigenvalue weighted by Gasteiger charge is -2.25. The van der Waals surface area contributed by atoms with Gasteiger partial charge >= 0.3 is 0 Å². The fraction of sp³-hybridized carbons (Fsp3) is 0.120. The predicted octanol–water partition coefficient (Wildman–Crippen LogP) is 4.77. The average Bonchev–Trinajstić information content (AvgIpc) is 3.04. The van der Waals surface area contributed by atoms with Crippen LogP contribution in [0.1, 0.15) is 22.7 Å². The number of ketones is 1. The van der Waals surface area contributed by atoms with E-state index in [2.05, 4.69) is 0 Å². The Bertz CT molecular complexity index is 1200. The molecule has 1 aliphatic rings. The van der Waals surface area contributed by atoms with Crippen LogP contribution in [0.4, 0.5) is 10.1 Å². The van der Waals surface area contributed by atoms with Crippen molar-refractivity contribution >= 4 is 23.1 Å². The number of rotatable bonds is 4. The number of hydrogen-bond donors (Lipinski definition) is 1. The molecule has 1 unspecified atom stereocenters. The van der Waals surface area contributed by atoms with Gasteiger partial charge in [0.2, 0.25) is 0 Å². The third-order valence-electron chi connectivity index (χ3n) is 5.26. The molecule has 1 aliphatic heterocycles. The fourth-order valence-corrected chi connectivity index (χ4v) is 3.84. The highest BCUT2D eigenvalue weighted by Crippen LogP contribution is 2.43. The lowest BCUT2D eigenvalue weighted by molar-refractivity contribution is -0.132. The van der Waals surface area contributed by atoms with E-state index >= 15 is 0 Å². The second kappa shape index (κ2) is 8.07. The van der Waals surface area contributed by atoms with Crippen LogP contribution in [0.3, 0.4) is 0 Å². The molecule has 0 spiro atoms. The van der Waals surface area contributed by atoms with Gasteiger partial charge in [-0.05, 0) is 48.4 Å². The Morgan fingerprint density at radius 1 is 1.00 bits per heavy atom. The van der Waals surface area contributed by atoms with Crippen molar-refractivity contribution < 1.29 is 23.8 Å². The molecule has 1 heterocycles. The zero-order valence-electron chi connectivity index (χ0n) is 17.0. The zero-order chi connectivity index (χ0) is 22.1. The number of aryl methyl sites for hydroxylation is 1. The Kier molecular flexibility index (Phi) is 5.29. The first-order chi connectivity index (χ1) is 14.9. The summed E-state index contributed by atoms with van der Waals surface area (Å²) in [4.78, 5) is 27.6. The highest BCUT2D eigenvalue weighted by molar-refractivity contribution is 6.51. The van der Waals surface area contributed by atoms with Crippen molar-refractivity contribution in [2.24, 2.45) is 0 Å². The maximum Gasteiger partial charge on any atom is 0.300 e.